The minimum atomic E-state index is 0.00976. The predicted molar refractivity (Wildman–Crippen MR) is 71.5 cm³/mol. The maximum atomic E-state index is 12.3. The minimum absolute atomic E-state index is 0.00976. The summed E-state index contributed by atoms with van der Waals surface area (Å²) in [5.41, 5.74) is 1.23. The van der Waals surface area contributed by atoms with E-state index in [0.717, 1.165) is 19.4 Å². The second-order valence-electron chi connectivity index (χ2n) is 6.12. The van der Waals surface area contributed by atoms with Gasteiger partial charge in [0.15, 0.2) is 0 Å². The SMILES string of the molecule is O=C1C[C@@H]2O[C@@H]3CCC[C@]2(C3)N1Cc1ccccc1. The van der Waals surface area contributed by atoms with Gasteiger partial charge in [-0.15, -0.1) is 0 Å². The fourth-order valence-electron chi connectivity index (χ4n) is 4.19. The number of likely N-dealkylation sites (tertiary alicyclic amines) is 1. The summed E-state index contributed by atoms with van der Waals surface area (Å²) in [6.45, 7) is 0.742. The van der Waals surface area contributed by atoms with Crippen molar-refractivity contribution < 1.29 is 9.53 Å². The van der Waals surface area contributed by atoms with Gasteiger partial charge in [0.25, 0.3) is 0 Å². The fraction of sp³-hybridized carbons (Fsp3) is 0.562. The fourth-order valence-corrected chi connectivity index (χ4v) is 4.19. The summed E-state index contributed by atoms with van der Waals surface area (Å²) in [6.07, 6.45) is 5.67. The number of hydrogen-bond acceptors (Lipinski definition) is 2. The van der Waals surface area contributed by atoms with E-state index in [9.17, 15) is 4.79 Å². The monoisotopic (exact) mass is 257 g/mol. The Balaban J connectivity index is 1.65. The lowest BCUT2D eigenvalue weighted by Gasteiger charge is -2.39. The summed E-state index contributed by atoms with van der Waals surface area (Å²) < 4.78 is 6.08. The number of rotatable bonds is 2. The maximum absolute atomic E-state index is 12.3. The molecule has 0 aromatic heterocycles. The number of ether oxygens (including phenoxy) is 1. The average molecular weight is 257 g/mol. The van der Waals surface area contributed by atoms with Gasteiger partial charge in [-0.2, -0.15) is 0 Å². The van der Waals surface area contributed by atoms with Crippen LogP contribution >= 0.6 is 0 Å². The molecule has 100 valence electrons. The summed E-state index contributed by atoms with van der Waals surface area (Å²) in [6, 6.07) is 10.3. The largest absolute Gasteiger partial charge is 0.372 e. The molecule has 3 atom stereocenters. The number of amides is 1. The van der Waals surface area contributed by atoms with Gasteiger partial charge in [0.2, 0.25) is 5.91 Å². The van der Waals surface area contributed by atoms with Crippen LogP contribution in [-0.2, 0) is 16.1 Å². The first kappa shape index (κ1) is 11.5. The van der Waals surface area contributed by atoms with E-state index in [1.807, 2.05) is 18.2 Å². The molecule has 1 spiro atoms. The van der Waals surface area contributed by atoms with Gasteiger partial charge in [-0.05, 0) is 31.2 Å². The molecule has 0 unspecified atom stereocenters. The molecule has 3 aliphatic rings. The molecule has 1 aromatic carbocycles. The van der Waals surface area contributed by atoms with Gasteiger partial charge < -0.3 is 9.64 Å². The summed E-state index contributed by atoms with van der Waals surface area (Å²) in [5.74, 6) is 0.272. The van der Waals surface area contributed by atoms with Crippen molar-refractivity contribution >= 4 is 5.91 Å². The first-order valence-electron chi connectivity index (χ1n) is 7.28. The van der Waals surface area contributed by atoms with E-state index in [1.165, 1.54) is 18.4 Å². The lowest BCUT2D eigenvalue weighted by Crippen LogP contribution is -2.49. The highest BCUT2D eigenvalue weighted by Gasteiger charge is 2.60. The molecule has 2 bridgehead atoms. The molecule has 19 heavy (non-hydrogen) atoms. The normalized spacial score (nSPS) is 36.6. The van der Waals surface area contributed by atoms with E-state index >= 15 is 0 Å². The highest BCUT2D eigenvalue weighted by Crippen LogP contribution is 2.50. The van der Waals surface area contributed by atoms with Gasteiger partial charge in [0, 0.05) is 6.54 Å². The van der Waals surface area contributed by atoms with Gasteiger partial charge in [-0.3, -0.25) is 4.79 Å². The third-order valence-electron chi connectivity index (χ3n) is 5.06. The van der Waals surface area contributed by atoms with Crippen molar-refractivity contribution in [2.24, 2.45) is 0 Å². The van der Waals surface area contributed by atoms with Crippen molar-refractivity contribution in [3.8, 4) is 0 Å². The van der Waals surface area contributed by atoms with Crippen molar-refractivity contribution in [2.75, 3.05) is 0 Å². The topological polar surface area (TPSA) is 29.5 Å². The third-order valence-corrected chi connectivity index (χ3v) is 5.06. The second kappa shape index (κ2) is 4.07. The Morgan fingerprint density at radius 3 is 3.00 bits per heavy atom. The molecule has 2 heterocycles. The molecule has 1 amide bonds. The van der Waals surface area contributed by atoms with E-state index in [4.69, 9.17) is 4.74 Å². The molecule has 3 heteroatoms. The van der Waals surface area contributed by atoms with Crippen LogP contribution in [0.15, 0.2) is 30.3 Å². The Kier molecular flexibility index (Phi) is 2.46. The lowest BCUT2D eigenvalue weighted by atomic mass is 9.79. The van der Waals surface area contributed by atoms with Gasteiger partial charge in [0.05, 0.1) is 24.2 Å². The molecule has 1 saturated carbocycles. The Morgan fingerprint density at radius 1 is 1.32 bits per heavy atom. The van der Waals surface area contributed by atoms with Crippen LogP contribution in [0, 0.1) is 0 Å². The first-order valence-corrected chi connectivity index (χ1v) is 7.28. The summed E-state index contributed by atoms with van der Waals surface area (Å²) in [5, 5.41) is 0. The number of hydrogen-bond donors (Lipinski definition) is 0. The van der Waals surface area contributed by atoms with Crippen molar-refractivity contribution in [2.45, 2.75) is 56.4 Å². The van der Waals surface area contributed by atoms with Crippen molar-refractivity contribution in [3.63, 3.8) is 0 Å². The van der Waals surface area contributed by atoms with Crippen LogP contribution < -0.4 is 0 Å². The molecule has 3 fully saturated rings. The molecule has 0 radical (unpaired) electrons. The Morgan fingerprint density at radius 2 is 2.16 bits per heavy atom. The van der Waals surface area contributed by atoms with E-state index in [2.05, 4.69) is 17.0 Å². The number of carbonyl (C=O) groups excluding carboxylic acids is 1. The van der Waals surface area contributed by atoms with Crippen LogP contribution in [0.4, 0.5) is 0 Å². The van der Waals surface area contributed by atoms with Crippen LogP contribution in [0.1, 0.15) is 37.7 Å². The van der Waals surface area contributed by atoms with E-state index < -0.39 is 0 Å². The van der Waals surface area contributed by atoms with E-state index in [0.29, 0.717) is 12.5 Å². The zero-order valence-electron chi connectivity index (χ0n) is 11.0. The van der Waals surface area contributed by atoms with Crippen LogP contribution in [0.3, 0.4) is 0 Å². The van der Waals surface area contributed by atoms with Gasteiger partial charge in [-0.25, -0.2) is 0 Å². The standard InChI is InChI=1S/C16H19NO2/c18-15-9-14-16(8-4-7-13(10-16)19-14)17(15)11-12-5-2-1-3-6-12/h1-3,5-6,13-14H,4,7-11H2/t13-,14+,16-/m1/s1. The molecule has 1 aromatic rings. The minimum Gasteiger partial charge on any atom is -0.372 e. The van der Waals surface area contributed by atoms with E-state index in [-0.39, 0.29) is 17.6 Å². The Hall–Kier alpha value is -1.35. The highest BCUT2D eigenvalue weighted by molar-refractivity contribution is 5.81. The van der Waals surface area contributed by atoms with E-state index in [1.54, 1.807) is 0 Å². The first-order chi connectivity index (χ1) is 9.28. The molecule has 3 nitrogen and oxygen atoms in total. The summed E-state index contributed by atoms with van der Waals surface area (Å²) >= 11 is 0. The number of carbonyl (C=O) groups is 1. The molecular formula is C16H19NO2. The molecule has 2 saturated heterocycles. The molecule has 1 aliphatic carbocycles. The van der Waals surface area contributed by atoms with Gasteiger partial charge >= 0.3 is 0 Å². The molecular weight excluding hydrogens is 238 g/mol. The zero-order valence-corrected chi connectivity index (χ0v) is 11.0. The second-order valence-corrected chi connectivity index (χ2v) is 6.12. The number of benzene rings is 1. The zero-order chi connectivity index (χ0) is 12.9. The Labute approximate surface area is 113 Å². The van der Waals surface area contributed by atoms with Crippen molar-refractivity contribution in [3.05, 3.63) is 35.9 Å². The lowest BCUT2D eigenvalue weighted by molar-refractivity contribution is -0.133. The maximum Gasteiger partial charge on any atom is 0.226 e. The summed E-state index contributed by atoms with van der Waals surface area (Å²) in [7, 11) is 0. The molecule has 0 N–H and O–H groups in total. The molecule has 4 rings (SSSR count). The van der Waals surface area contributed by atoms with Crippen molar-refractivity contribution in [1.29, 1.82) is 0 Å². The highest BCUT2D eigenvalue weighted by atomic mass is 16.5. The van der Waals surface area contributed by atoms with Crippen LogP contribution in [0.25, 0.3) is 0 Å². The molecule has 2 aliphatic heterocycles. The summed E-state index contributed by atoms with van der Waals surface area (Å²) in [4.78, 5) is 14.5. The number of nitrogens with zero attached hydrogens (tertiary/aromatic N) is 1. The van der Waals surface area contributed by atoms with Crippen LogP contribution in [-0.4, -0.2) is 28.6 Å². The third kappa shape index (κ3) is 1.64. The van der Waals surface area contributed by atoms with Crippen LogP contribution in [0.5, 0.6) is 0 Å². The van der Waals surface area contributed by atoms with Crippen LogP contribution in [0.2, 0.25) is 0 Å². The van der Waals surface area contributed by atoms with Gasteiger partial charge in [-0.1, -0.05) is 30.3 Å². The van der Waals surface area contributed by atoms with Gasteiger partial charge in [0.1, 0.15) is 0 Å². The van der Waals surface area contributed by atoms with Crippen molar-refractivity contribution in [1.82, 2.24) is 4.90 Å². The quantitative estimate of drug-likeness (QED) is 0.814. The smallest absolute Gasteiger partial charge is 0.226 e. The predicted octanol–water partition coefficient (Wildman–Crippen LogP) is 2.50. The number of fused-ring (bicyclic) bond motifs is 1. The average Bonchev–Trinajstić information content (AvgIpc) is 2.80. The Bertz CT molecular complexity index is 501.